The van der Waals surface area contributed by atoms with Crippen molar-refractivity contribution in [1.29, 1.82) is 0 Å². The SMILES string of the molecule is Cc1ccc(C)c([C@@H](C)NC(=O)c2ccc(C)[nH]c2=O)c1. The van der Waals surface area contributed by atoms with Gasteiger partial charge in [-0.15, -0.1) is 0 Å². The van der Waals surface area contributed by atoms with Crippen molar-refractivity contribution in [1.82, 2.24) is 10.3 Å². The highest BCUT2D eigenvalue weighted by atomic mass is 16.2. The van der Waals surface area contributed by atoms with Gasteiger partial charge in [0.25, 0.3) is 11.5 Å². The molecule has 1 aromatic carbocycles. The van der Waals surface area contributed by atoms with Crippen molar-refractivity contribution in [2.75, 3.05) is 0 Å². The third-order valence-electron chi connectivity index (χ3n) is 3.55. The summed E-state index contributed by atoms with van der Waals surface area (Å²) in [5.41, 5.74) is 3.83. The lowest BCUT2D eigenvalue weighted by Crippen LogP contribution is -2.32. The number of rotatable bonds is 3. The van der Waals surface area contributed by atoms with Gasteiger partial charge in [0.2, 0.25) is 0 Å². The van der Waals surface area contributed by atoms with Crippen molar-refractivity contribution >= 4 is 5.91 Å². The third-order valence-corrected chi connectivity index (χ3v) is 3.55. The minimum Gasteiger partial charge on any atom is -0.345 e. The highest BCUT2D eigenvalue weighted by Gasteiger charge is 2.15. The first-order valence-electron chi connectivity index (χ1n) is 6.96. The summed E-state index contributed by atoms with van der Waals surface area (Å²) in [7, 11) is 0. The average Bonchev–Trinajstić information content (AvgIpc) is 2.41. The van der Waals surface area contributed by atoms with Gasteiger partial charge >= 0.3 is 0 Å². The number of amides is 1. The zero-order valence-electron chi connectivity index (χ0n) is 12.8. The predicted molar refractivity (Wildman–Crippen MR) is 83.6 cm³/mol. The summed E-state index contributed by atoms with van der Waals surface area (Å²) in [4.78, 5) is 26.7. The van der Waals surface area contributed by atoms with Gasteiger partial charge in [0.1, 0.15) is 5.56 Å². The molecule has 1 atom stereocenters. The number of pyridine rings is 1. The van der Waals surface area contributed by atoms with Crippen LogP contribution in [0.3, 0.4) is 0 Å². The molecule has 2 N–H and O–H groups in total. The van der Waals surface area contributed by atoms with Gasteiger partial charge in [-0.2, -0.15) is 0 Å². The first-order chi connectivity index (χ1) is 9.88. The van der Waals surface area contributed by atoms with E-state index >= 15 is 0 Å². The molecule has 0 aliphatic heterocycles. The van der Waals surface area contributed by atoms with E-state index in [2.05, 4.69) is 16.4 Å². The number of hydrogen-bond donors (Lipinski definition) is 2. The lowest BCUT2D eigenvalue weighted by atomic mass is 10.00. The average molecular weight is 284 g/mol. The van der Waals surface area contributed by atoms with Gasteiger partial charge in [0.15, 0.2) is 0 Å². The van der Waals surface area contributed by atoms with Crippen LogP contribution in [-0.2, 0) is 0 Å². The van der Waals surface area contributed by atoms with Crippen molar-refractivity contribution in [3.8, 4) is 0 Å². The van der Waals surface area contributed by atoms with Crippen LogP contribution in [0.15, 0.2) is 35.1 Å². The Kier molecular flexibility index (Phi) is 4.26. The zero-order chi connectivity index (χ0) is 15.6. The van der Waals surface area contributed by atoms with Crippen LogP contribution in [0.25, 0.3) is 0 Å². The lowest BCUT2D eigenvalue weighted by molar-refractivity contribution is 0.0938. The quantitative estimate of drug-likeness (QED) is 0.910. The fourth-order valence-electron chi connectivity index (χ4n) is 2.33. The van der Waals surface area contributed by atoms with Gasteiger partial charge in [-0.3, -0.25) is 9.59 Å². The largest absolute Gasteiger partial charge is 0.345 e. The number of aromatic nitrogens is 1. The number of aromatic amines is 1. The van der Waals surface area contributed by atoms with E-state index in [1.165, 1.54) is 0 Å². The van der Waals surface area contributed by atoms with Crippen molar-refractivity contribution in [2.45, 2.75) is 33.7 Å². The summed E-state index contributed by atoms with van der Waals surface area (Å²) in [5, 5.41) is 2.88. The van der Waals surface area contributed by atoms with E-state index in [1.807, 2.05) is 32.9 Å². The molecule has 21 heavy (non-hydrogen) atoms. The number of aryl methyl sites for hydroxylation is 3. The van der Waals surface area contributed by atoms with Crippen LogP contribution in [0.4, 0.5) is 0 Å². The number of carbonyl (C=O) groups excluding carboxylic acids is 1. The molecule has 0 radical (unpaired) electrons. The molecule has 110 valence electrons. The molecule has 1 amide bonds. The molecule has 4 nitrogen and oxygen atoms in total. The zero-order valence-corrected chi connectivity index (χ0v) is 12.8. The number of hydrogen-bond acceptors (Lipinski definition) is 2. The number of carbonyl (C=O) groups is 1. The van der Waals surface area contributed by atoms with Gasteiger partial charge in [-0.05, 0) is 51.0 Å². The van der Waals surface area contributed by atoms with Crippen molar-refractivity contribution in [3.05, 3.63) is 68.6 Å². The van der Waals surface area contributed by atoms with E-state index in [1.54, 1.807) is 19.1 Å². The standard InChI is InChI=1S/C17H20N2O2/c1-10-5-6-11(2)15(9-10)13(4)19-17(21)14-8-7-12(3)18-16(14)20/h5-9,13H,1-4H3,(H,18,20)(H,19,21)/t13-/m1/s1. The van der Waals surface area contributed by atoms with Crippen molar-refractivity contribution < 1.29 is 4.79 Å². The van der Waals surface area contributed by atoms with E-state index in [0.29, 0.717) is 0 Å². The van der Waals surface area contributed by atoms with E-state index in [9.17, 15) is 9.59 Å². The smallest absolute Gasteiger partial charge is 0.260 e. The van der Waals surface area contributed by atoms with Crippen LogP contribution in [0.1, 0.15) is 45.7 Å². The molecular formula is C17H20N2O2. The summed E-state index contributed by atoms with van der Waals surface area (Å²) >= 11 is 0. The van der Waals surface area contributed by atoms with Crippen LogP contribution >= 0.6 is 0 Å². The second kappa shape index (κ2) is 5.95. The van der Waals surface area contributed by atoms with Crippen LogP contribution in [-0.4, -0.2) is 10.9 Å². The Labute approximate surface area is 124 Å². The Bertz CT molecular complexity index is 732. The van der Waals surface area contributed by atoms with Gasteiger partial charge in [0, 0.05) is 5.69 Å². The summed E-state index contributed by atoms with van der Waals surface area (Å²) in [6, 6.07) is 9.25. The molecule has 0 aliphatic carbocycles. The van der Waals surface area contributed by atoms with Gasteiger partial charge in [-0.1, -0.05) is 23.8 Å². The summed E-state index contributed by atoms with van der Waals surface area (Å²) in [6.07, 6.45) is 0. The monoisotopic (exact) mass is 284 g/mol. The molecule has 0 unspecified atom stereocenters. The number of H-pyrrole nitrogens is 1. The molecule has 0 fully saturated rings. The van der Waals surface area contributed by atoms with Gasteiger partial charge in [0.05, 0.1) is 6.04 Å². The highest BCUT2D eigenvalue weighted by molar-refractivity contribution is 5.94. The third kappa shape index (κ3) is 3.40. The number of nitrogens with one attached hydrogen (secondary N) is 2. The van der Waals surface area contributed by atoms with Crippen LogP contribution in [0.5, 0.6) is 0 Å². The molecule has 1 heterocycles. The van der Waals surface area contributed by atoms with E-state index < -0.39 is 0 Å². The second-order valence-electron chi connectivity index (χ2n) is 5.44. The number of benzene rings is 1. The highest BCUT2D eigenvalue weighted by Crippen LogP contribution is 2.19. The molecule has 2 aromatic rings. The molecule has 0 saturated heterocycles. The first kappa shape index (κ1) is 15.0. The minimum atomic E-state index is -0.360. The Balaban J connectivity index is 2.23. The molecule has 0 spiro atoms. The molecule has 0 aliphatic rings. The van der Waals surface area contributed by atoms with E-state index in [4.69, 9.17) is 0 Å². The Morgan fingerprint density at radius 1 is 1.14 bits per heavy atom. The summed E-state index contributed by atoms with van der Waals surface area (Å²) in [5.74, 6) is -0.357. The Hall–Kier alpha value is -2.36. The Morgan fingerprint density at radius 2 is 1.86 bits per heavy atom. The molecule has 4 heteroatoms. The fourth-order valence-corrected chi connectivity index (χ4v) is 2.33. The normalized spacial score (nSPS) is 12.0. The molecular weight excluding hydrogens is 264 g/mol. The summed E-state index contributed by atoms with van der Waals surface area (Å²) in [6.45, 7) is 7.72. The van der Waals surface area contributed by atoms with E-state index in [-0.39, 0.29) is 23.1 Å². The fraction of sp³-hybridized carbons (Fsp3) is 0.294. The Morgan fingerprint density at radius 3 is 2.52 bits per heavy atom. The molecule has 1 aromatic heterocycles. The maximum Gasteiger partial charge on any atom is 0.260 e. The van der Waals surface area contributed by atoms with E-state index in [0.717, 1.165) is 22.4 Å². The van der Waals surface area contributed by atoms with Crippen molar-refractivity contribution in [2.24, 2.45) is 0 Å². The maximum atomic E-state index is 12.2. The predicted octanol–water partition coefficient (Wildman–Crippen LogP) is 2.79. The van der Waals surface area contributed by atoms with Crippen LogP contribution in [0, 0.1) is 20.8 Å². The van der Waals surface area contributed by atoms with Gasteiger partial charge in [-0.25, -0.2) is 0 Å². The lowest BCUT2D eigenvalue weighted by Gasteiger charge is -2.17. The molecule has 0 saturated carbocycles. The van der Waals surface area contributed by atoms with Crippen LogP contribution < -0.4 is 10.9 Å². The minimum absolute atomic E-state index is 0.137. The first-order valence-corrected chi connectivity index (χ1v) is 6.96. The topological polar surface area (TPSA) is 62.0 Å². The summed E-state index contributed by atoms with van der Waals surface area (Å²) < 4.78 is 0. The van der Waals surface area contributed by atoms with Gasteiger partial charge < -0.3 is 10.3 Å². The van der Waals surface area contributed by atoms with Crippen LogP contribution in [0.2, 0.25) is 0 Å². The molecule has 0 bridgehead atoms. The van der Waals surface area contributed by atoms with Crippen molar-refractivity contribution in [3.63, 3.8) is 0 Å². The molecule has 2 rings (SSSR count). The maximum absolute atomic E-state index is 12.2. The second-order valence-corrected chi connectivity index (χ2v) is 5.44.